The van der Waals surface area contributed by atoms with E-state index in [1.807, 2.05) is 25.6 Å². The van der Waals surface area contributed by atoms with Crippen molar-refractivity contribution in [3.63, 3.8) is 0 Å². The number of aliphatic imine (C=N–C) groups is 1. The van der Waals surface area contributed by atoms with Gasteiger partial charge in [0.1, 0.15) is 0 Å². The number of unbranched alkanes of at least 4 members (excludes halogenated alkanes) is 1. The van der Waals surface area contributed by atoms with Crippen LogP contribution in [-0.2, 0) is 20.0 Å². The van der Waals surface area contributed by atoms with Gasteiger partial charge >= 0.3 is 0 Å². The smallest absolute Gasteiger partial charge is 0.191 e. The minimum Gasteiger partial charge on any atom is -0.357 e. The summed E-state index contributed by atoms with van der Waals surface area (Å²) in [4.78, 5) is 9.22. The first-order chi connectivity index (χ1) is 12.0. The highest BCUT2D eigenvalue weighted by atomic mass is 127. The lowest BCUT2D eigenvalue weighted by molar-refractivity contribution is 0.692. The van der Waals surface area contributed by atoms with Crippen molar-refractivity contribution >= 4 is 41.3 Å². The zero-order chi connectivity index (χ0) is 18.2. The molecule has 2 heterocycles. The van der Waals surface area contributed by atoms with Crippen molar-refractivity contribution in [2.24, 2.45) is 12.0 Å². The quantitative estimate of drug-likeness (QED) is 0.257. The fourth-order valence-electron chi connectivity index (χ4n) is 2.67. The van der Waals surface area contributed by atoms with Crippen molar-refractivity contribution in [1.29, 1.82) is 0 Å². The molecule has 0 atom stereocenters. The summed E-state index contributed by atoms with van der Waals surface area (Å²) < 4.78 is 1.92. The van der Waals surface area contributed by atoms with E-state index in [4.69, 9.17) is 4.99 Å². The lowest BCUT2D eigenvalue weighted by atomic mass is 10.2. The first-order valence-electron chi connectivity index (χ1n) is 8.93. The van der Waals surface area contributed by atoms with E-state index >= 15 is 0 Å². The predicted octanol–water partition coefficient (Wildman–Crippen LogP) is 3.50. The number of aryl methyl sites for hydroxylation is 4. The summed E-state index contributed by atoms with van der Waals surface area (Å²) in [6, 6.07) is 0. The minimum atomic E-state index is 0. The molecule has 8 heteroatoms. The second kappa shape index (κ2) is 11.5. The number of nitrogens with one attached hydrogen (secondary N) is 2. The Kier molecular flexibility index (Phi) is 10.1. The summed E-state index contributed by atoms with van der Waals surface area (Å²) >= 11 is 1.76. The Morgan fingerprint density at radius 3 is 2.58 bits per heavy atom. The highest BCUT2D eigenvalue weighted by molar-refractivity contribution is 14.0. The lowest BCUT2D eigenvalue weighted by Gasteiger charge is -2.11. The van der Waals surface area contributed by atoms with Gasteiger partial charge in [0.2, 0.25) is 0 Å². The van der Waals surface area contributed by atoms with Crippen LogP contribution in [0.3, 0.4) is 0 Å². The van der Waals surface area contributed by atoms with Gasteiger partial charge in [-0.1, -0.05) is 0 Å². The molecule has 0 saturated heterocycles. The van der Waals surface area contributed by atoms with Crippen molar-refractivity contribution in [3.8, 4) is 0 Å². The molecule has 0 aliphatic rings. The van der Waals surface area contributed by atoms with Gasteiger partial charge in [0.15, 0.2) is 5.96 Å². The second-order valence-electron chi connectivity index (χ2n) is 6.23. The van der Waals surface area contributed by atoms with Gasteiger partial charge in [-0.05, 0) is 47.0 Å². The van der Waals surface area contributed by atoms with Crippen molar-refractivity contribution in [3.05, 3.63) is 33.0 Å². The number of rotatable bonds is 8. The Hall–Kier alpha value is -1.16. The largest absolute Gasteiger partial charge is 0.357 e. The van der Waals surface area contributed by atoms with Gasteiger partial charge in [0.05, 0.1) is 17.2 Å². The first-order valence-corrected chi connectivity index (χ1v) is 9.81. The number of aromatic nitrogens is 3. The maximum Gasteiger partial charge on any atom is 0.191 e. The molecule has 0 aliphatic carbocycles. The van der Waals surface area contributed by atoms with Crippen molar-refractivity contribution in [2.75, 3.05) is 13.1 Å². The summed E-state index contributed by atoms with van der Waals surface area (Å²) in [7, 11) is 1.98. The Labute approximate surface area is 177 Å². The fraction of sp³-hybridized carbons (Fsp3) is 0.611. The molecule has 2 N–H and O–H groups in total. The van der Waals surface area contributed by atoms with Crippen LogP contribution < -0.4 is 10.6 Å². The van der Waals surface area contributed by atoms with Crippen LogP contribution in [0.1, 0.15) is 47.4 Å². The molecule has 2 aromatic rings. The fourth-order valence-corrected chi connectivity index (χ4v) is 3.49. The van der Waals surface area contributed by atoms with Gasteiger partial charge in [-0.3, -0.25) is 4.68 Å². The molecule has 26 heavy (non-hydrogen) atoms. The third kappa shape index (κ3) is 6.86. The van der Waals surface area contributed by atoms with Crippen LogP contribution in [-0.4, -0.2) is 33.8 Å². The Morgan fingerprint density at radius 2 is 2.00 bits per heavy atom. The molecule has 2 rings (SSSR count). The summed E-state index contributed by atoms with van der Waals surface area (Å²) in [5, 5.41) is 14.5. The zero-order valence-corrected chi connectivity index (χ0v) is 19.6. The number of halogens is 1. The van der Waals surface area contributed by atoms with Crippen LogP contribution >= 0.6 is 35.3 Å². The van der Waals surface area contributed by atoms with Crippen molar-refractivity contribution < 1.29 is 0 Å². The second-order valence-corrected chi connectivity index (χ2v) is 7.18. The Morgan fingerprint density at radius 1 is 1.23 bits per heavy atom. The van der Waals surface area contributed by atoms with Crippen molar-refractivity contribution in [1.82, 2.24) is 25.4 Å². The molecule has 0 spiro atoms. The maximum atomic E-state index is 4.71. The summed E-state index contributed by atoms with van der Waals surface area (Å²) in [5.74, 6) is 0.871. The van der Waals surface area contributed by atoms with E-state index < -0.39 is 0 Å². The number of hydrogen-bond donors (Lipinski definition) is 2. The average molecular weight is 490 g/mol. The number of thiazole rings is 1. The van der Waals surface area contributed by atoms with Gasteiger partial charge in [-0.2, -0.15) is 5.10 Å². The maximum absolute atomic E-state index is 4.71. The predicted molar refractivity (Wildman–Crippen MR) is 121 cm³/mol. The zero-order valence-electron chi connectivity index (χ0n) is 16.4. The van der Waals surface area contributed by atoms with E-state index in [-0.39, 0.29) is 24.0 Å². The van der Waals surface area contributed by atoms with Crippen molar-refractivity contribution in [2.45, 2.75) is 53.5 Å². The lowest BCUT2D eigenvalue weighted by Crippen LogP contribution is -2.37. The summed E-state index contributed by atoms with van der Waals surface area (Å²) in [6.07, 6.45) is 3.30. The SMILES string of the molecule is CCNC(=NCc1c(C)nn(C)c1C)NCCCCc1nc(C)cs1.I. The van der Waals surface area contributed by atoms with E-state index in [1.54, 1.807) is 11.3 Å². The molecule has 0 unspecified atom stereocenters. The molecule has 6 nitrogen and oxygen atoms in total. The molecular formula is C18H31IN6S. The first kappa shape index (κ1) is 22.9. The van der Waals surface area contributed by atoms with Gasteiger partial charge in [-0.25, -0.2) is 9.98 Å². The van der Waals surface area contributed by atoms with Crippen LogP contribution in [0.25, 0.3) is 0 Å². The molecule has 0 radical (unpaired) electrons. The van der Waals surface area contributed by atoms with Crippen LogP contribution in [0.15, 0.2) is 10.4 Å². The Bertz CT molecular complexity index is 707. The third-order valence-electron chi connectivity index (χ3n) is 4.17. The highest BCUT2D eigenvalue weighted by Gasteiger charge is 2.09. The van der Waals surface area contributed by atoms with Crippen LogP contribution in [0.2, 0.25) is 0 Å². The minimum absolute atomic E-state index is 0. The van der Waals surface area contributed by atoms with Gasteiger partial charge < -0.3 is 10.6 Å². The van der Waals surface area contributed by atoms with Gasteiger partial charge in [0, 0.05) is 42.5 Å². The molecule has 0 saturated carbocycles. The summed E-state index contributed by atoms with van der Waals surface area (Å²) in [6.45, 7) is 10.7. The number of hydrogen-bond acceptors (Lipinski definition) is 4. The molecule has 2 aromatic heterocycles. The molecule has 146 valence electrons. The van der Waals surface area contributed by atoms with Crippen LogP contribution in [0.5, 0.6) is 0 Å². The highest BCUT2D eigenvalue weighted by Crippen LogP contribution is 2.13. The molecule has 0 aliphatic heterocycles. The van der Waals surface area contributed by atoms with E-state index in [1.165, 1.54) is 16.3 Å². The number of guanidine groups is 1. The van der Waals surface area contributed by atoms with Gasteiger partial charge in [0.25, 0.3) is 0 Å². The molecule has 0 aromatic carbocycles. The molecule has 0 amide bonds. The third-order valence-corrected chi connectivity index (χ3v) is 5.20. The average Bonchev–Trinajstić information content (AvgIpc) is 3.09. The van der Waals surface area contributed by atoms with E-state index in [0.29, 0.717) is 6.54 Å². The topological polar surface area (TPSA) is 67.1 Å². The van der Waals surface area contributed by atoms with Crippen LogP contribution in [0.4, 0.5) is 0 Å². The van der Waals surface area contributed by atoms with Gasteiger partial charge in [-0.15, -0.1) is 35.3 Å². The molecule has 0 fully saturated rings. The van der Waals surface area contributed by atoms with E-state index in [0.717, 1.165) is 49.7 Å². The molecule has 0 bridgehead atoms. The Balaban J connectivity index is 0.00000338. The monoisotopic (exact) mass is 490 g/mol. The normalized spacial score (nSPS) is 11.3. The van der Waals surface area contributed by atoms with E-state index in [9.17, 15) is 0 Å². The number of nitrogens with zero attached hydrogens (tertiary/aromatic N) is 4. The standard InChI is InChI=1S/C18H30N6S.HI/c1-6-19-18(21-11-16-14(3)23-24(5)15(16)4)20-10-8-7-9-17-22-13(2)12-25-17;/h12H,6-11H2,1-5H3,(H2,19,20,21);1H. The summed E-state index contributed by atoms with van der Waals surface area (Å²) in [5.41, 5.74) is 4.56. The van der Waals surface area contributed by atoms with E-state index in [2.05, 4.69) is 39.9 Å². The van der Waals surface area contributed by atoms with Crippen LogP contribution in [0, 0.1) is 20.8 Å². The molecular weight excluding hydrogens is 459 g/mol.